The largest absolute Gasteiger partial charge is 0.340 e. The molecule has 2 fully saturated rings. The van der Waals surface area contributed by atoms with E-state index in [0.29, 0.717) is 69.2 Å². The molecule has 0 saturated carbocycles. The molecule has 0 bridgehead atoms. The number of amides is 1. The summed E-state index contributed by atoms with van der Waals surface area (Å²) in [5.41, 5.74) is 0.668. The van der Waals surface area contributed by atoms with Gasteiger partial charge in [0.2, 0.25) is 15.9 Å². The van der Waals surface area contributed by atoms with Crippen molar-refractivity contribution in [1.29, 1.82) is 0 Å². The van der Waals surface area contributed by atoms with E-state index in [1.54, 1.807) is 24.3 Å². The number of rotatable bonds is 5. The van der Waals surface area contributed by atoms with Crippen LogP contribution in [0.15, 0.2) is 53.4 Å². The third-order valence-corrected chi connectivity index (χ3v) is 8.46. The van der Waals surface area contributed by atoms with Gasteiger partial charge in [-0.05, 0) is 43.2 Å². The zero-order valence-corrected chi connectivity index (χ0v) is 19.4. The van der Waals surface area contributed by atoms with E-state index in [2.05, 4.69) is 4.90 Å². The van der Waals surface area contributed by atoms with E-state index in [-0.39, 0.29) is 22.5 Å². The van der Waals surface area contributed by atoms with E-state index >= 15 is 0 Å². The van der Waals surface area contributed by atoms with Gasteiger partial charge in [0.05, 0.1) is 4.90 Å². The molecule has 0 atom stereocenters. The third kappa shape index (κ3) is 5.14. The molecule has 0 unspecified atom stereocenters. The standard InChI is InChI=1S/C23H27ClFN3O3S/c24-20-5-7-21(8-6-20)32(30,31)28-11-9-18(10-12-28)23(29)27-15-13-26(14-16-27)17-19-3-1-2-4-22(19)25/h1-8,18H,9-17H2. The van der Waals surface area contributed by atoms with E-state index < -0.39 is 10.0 Å². The molecular weight excluding hydrogens is 453 g/mol. The first-order valence-corrected chi connectivity index (χ1v) is 12.7. The van der Waals surface area contributed by atoms with Crippen molar-refractivity contribution in [3.63, 3.8) is 0 Å². The van der Waals surface area contributed by atoms with Gasteiger partial charge in [-0.2, -0.15) is 4.31 Å². The number of halogens is 2. The molecule has 0 aliphatic carbocycles. The van der Waals surface area contributed by atoms with Crippen molar-refractivity contribution in [2.24, 2.45) is 5.92 Å². The summed E-state index contributed by atoms with van der Waals surface area (Å²) in [5.74, 6) is -0.268. The molecule has 2 saturated heterocycles. The lowest BCUT2D eigenvalue weighted by Crippen LogP contribution is -2.51. The van der Waals surface area contributed by atoms with Gasteiger partial charge in [0.1, 0.15) is 5.82 Å². The first kappa shape index (κ1) is 23.2. The Balaban J connectivity index is 1.28. The van der Waals surface area contributed by atoms with Gasteiger partial charge >= 0.3 is 0 Å². The predicted molar refractivity (Wildman–Crippen MR) is 121 cm³/mol. The van der Waals surface area contributed by atoms with E-state index in [1.165, 1.54) is 22.5 Å². The molecule has 4 rings (SSSR count). The number of hydrogen-bond acceptors (Lipinski definition) is 4. The van der Waals surface area contributed by atoms with Crippen LogP contribution < -0.4 is 0 Å². The Bertz CT molecular complexity index is 1050. The summed E-state index contributed by atoms with van der Waals surface area (Å²) in [6.45, 7) is 3.81. The van der Waals surface area contributed by atoms with Crippen molar-refractivity contribution in [1.82, 2.24) is 14.1 Å². The minimum atomic E-state index is -3.58. The Morgan fingerprint density at radius 3 is 2.19 bits per heavy atom. The molecule has 2 aliphatic heterocycles. The summed E-state index contributed by atoms with van der Waals surface area (Å²) < 4.78 is 41.0. The molecule has 2 aromatic rings. The van der Waals surface area contributed by atoms with Gasteiger partial charge < -0.3 is 4.90 Å². The monoisotopic (exact) mass is 479 g/mol. The number of sulfonamides is 1. The molecule has 32 heavy (non-hydrogen) atoms. The summed E-state index contributed by atoms with van der Waals surface area (Å²) in [6, 6.07) is 12.9. The molecule has 1 amide bonds. The Morgan fingerprint density at radius 1 is 0.938 bits per heavy atom. The Morgan fingerprint density at radius 2 is 1.56 bits per heavy atom. The van der Waals surface area contributed by atoms with Gasteiger partial charge in [0, 0.05) is 62.3 Å². The van der Waals surface area contributed by atoms with Crippen molar-refractivity contribution < 1.29 is 17.6 Å². The Labute approximate surface area is 193 Å². The second kappa shape index (κ2) is 9.87. The molecule has 6 nitrogen and oxygen atoms in total. The number of carbonyl (C=O) groups is 1. The van der Waals surface area contributed by atoms with Crippen molar-refractivity contribution >= 4 is 27.5 Å². The minimum absolute atomic E-state index is 0.0964. The van der Waals surface area contributed by atoms with Crippen LogP contribution in [0.25, 0.3) is 0 Å². The maximum Gasteiger partial charge on any atom is 0.243 e. The molecular formula is C23H27ClFN3O3S. The zero-order valence-electron chi connectivity index (χ0n) is 17.8. The van der Waals surface area contributed by atoms with Crippen molar-refractivity contribution in [2.75, 3.05) is 39.3 Å². The highest BCUT2D eigenvalue weighted by molar-refractivity contribution is 7.89. The molecule has 0 radical (unpaired) electrons. The van der Waals surface area contributed by atoms with Gasteiger partial charge in [-0.25, -0.2) is 12.8 Å². The highest BCUT2D eigenvalue weighted by atomic mass is 35.5. The first-order valence-electron chi connectivity index (χ1n) is 10.8. The van der Waals surface area contributed by atoms with E-state index in [0.717, 1.165) is 0 Å². The number of hydrogen-bond donors (Lipinski definition) is 0. The molecule has 172 valence electrons. The van der Waals surface area contributed by atoms with Crippen LogP contribution in [0, 0.1) is 11.7 Å². The lowest BCUT2D eigenvalue weighted by molar-refractivity contribution is -0.138. The van der Waals surface area contributed by atoms with Crippen LogP contribution in [0.3, 0.4) is 0 Å². The fourth-order valence-electron chi connectivity index (χ4n) is 4.35. The molecule has 0 N–H and O–H groups in total. The summed E-state index contributed by atoms with van der Waals surface area (Å²) in [6.07, 6.45) is 1.03. The van der Waals surface area contributed by atoms with Crippen LogP contribution in [0.1, 0.15) is 18.4 Å². The van der Waals surface area contributed by atoms with Gasteiger partial charge in [-0.3, -0.25) is 9.69 Å². The number of benzene rings is 2. The predicted octanol–water partition coefficient (Wildman–Crippen LogP) is 3.22. The van der Waals surface area contributed by atoms with Crippen LogP contribution in [0.2, 0.25) is 5.02 Å². The average Bonchev–Trinajstić information content (AvgIpc) is 2.81. The maximum atomic E-state index is 13.9. The SMILES string of the molecule is O=C(C1CCN(S(=O)(=O)c2ccc(Cl)cc2)CC1)N1CCN(Cc2ccccc2F)CC1. The average molecular weight is 480 g/mol. The van der Waals surface area contributed by atoms with E-state index in [9.17, 15) is 17.6 Å². The Hall–Kier alpha value is -2.00. The van der Waals surface area contributed by atoms with Crippen LogP contribution in [-0.2, 0) is 21.4 Å². The minimum Gasteiger partial charge on any atom is -0.340 e. The molecule has 2 aromatic carbocycles. The second-order valence-electron chi connectivity index (χ2n) is 8.33. The third-order valence-electron chi connectivity index (χ3n) is 6.29. The molecule has 0 aromatic heterocycles. The van der Waals surface area contributed by atoms with Crippen molar-refractivity contribution in [3.05, 3.63) is 64.9 Å². The number of piperazine rings is 1. The number of nitrogens with zero attached hydrogens (tertiary/aromatic N) is 3. The lowest BCUT2D eigenvalue weighted by Gasteiger charge is -2.38. The molecule has 2 heterocycles. The van der Waals surface area contributed by atoms with Crippen LogP contribution in [0.5, 0.6) is 0 Å². The fourth-order valence-corrected chi connectivity index (χ4v) is 5.95. The van der Waals surface area contributed by atoms with Crippen LogP contribution >= 0.6 is 11.6 Å². The van der Waals surface area contributed by atoms with E-state index in [4.69, 9.17) is 11.6 Å². The summed E-state index contributed by atoms with van der Waals surface area (Å²) >= 11 is 5.86. The van der Waals surface area contributed by atoms with Crippen molar-refractivity contribution in [3.8, 4) is 0 Å². The topological polar surface area (TPSA) is 60.9 Å². The Kier molecular flexibility index (Phi) is 7.14. The van der Waals surface area contributed by atoms with Gasteiger partial charge in [0.15, 0.2) is 0 Å². The smallest absolute Gasteiger partial charge is 0.243 e. The quantitative estimate of drug-likeness (QED) is 0.660. The van der Waals surface area contributed by atoms with Gasteiger partial charge in [0.25, 0.3) is 0 Å². The summed E-state index contributed by atoms with van der Waals surface area (Å²) in [5, 5.41) is 0.488. The first-order chi connectivity index (χ1) is 15.3. The second-order valence-corrected chi connectivity index (χ2v) is 10.7. The summed E-state index contributed by atoms with van der Waals surface area (Å²) in [7, 11) is -3.58. The van der Waals surface area contributed by atoms with E-state index in [1.807, 2.05) is 11.0 Å². The summed E-state index contributed by atoms with van der Waals surface area (Å²) in [4.78, 5) is 17.2. The lowest BCUT2D eigenvalue weighted by atomic mass is 9.96. The highest BCUT2D eigenvalue weighted by Gasteiger charge is 2.34. The number of carbonyl (C=O) groups excluding carboxylic acids is 1. The van der Waals surface area contributed by atoms with Gasteiger partial charge in [-0.1, -0.05) is 29.8 Å². The molecule has 9 heteroatoms. The normalized spacial score (nSPS) is 19.2. The maximum absolute atomic E-state index is 13.9. The molecule has 2 aliphatic rings. The van der Waals surface area contributed by atoms with Gasteiger partial charge in [-0.15, -0.1) is 0 Å². The fraction of sp³-hybridized carbons (Fsp3) is 0.435. The number of piperidine rings is 1. The zero-order chi connectivity index (χ0) is 22.7. The van der Waals surface area contributed by atoms with Crippen LogP contribution in [0.4, 0.5) is 4.39 Å². The van der Waals surface area contributed by atoms with Crippen molar-refractivity contribution in [2.45, 2.75) is 24.3 Å². The van der Waals surface area contributed by atoms with Crippen LogP contribution in [-0.4, -0.2) is 67.7 Å². The highest BCUT2D eigenvalue weighted by Crippen LogP contribution is 2.26. The molecule has 0 spiro atoms.